The summed E-state index contributed by atoms with van der Waals surface area (Å²) in [7, 11) is 0. The minimum Gasteiger partial charge on any atom is -0.488 e. The molecule has 0 atom stereocenters. The number of hydrogen-bond donors (Lipinski definition) is 0. The molecule has 4 rings (SSSR count). The molecule has 0 spiro atoms. The smallest absolute Gasteiger partial charge is 0.391 e. The first-order valence-corrected chi connectivity index (χ1v) is 12.9. The lowest BCUT2D eigenvalue weighted by atomic mass is 9.82. The Morgan fingerprint density at radius 3 is 2.18 bits per heavy atom. The lowest BCUT2D eigenvalue weighted by Crippen LogP contribution is -2.42. The van der Waals surface area contributed by atoms with Gasteiger partial charge in [0, 0.05) is 25.1 Å². The predicted molar refractivity (Wildman–Crippen MR) is 123 cm³/mol. The molecule has 1 aromatic heterocycles. The first kappa shape index (κ1) is 28.1. The van der Waals surface area contributed by atoms with E-state index in [-0.39, 0.29) is 81.1 Å². The van der Waals surface area contributed by atoms with Crippen molar-refractivity contribution >= 4 is 17.2 Å². The van der Waals surface area contributed by atoms with Gasteiger partial charge >= 0.3 is 12.4 Å². The number of carbonyl (C=O) groups excluding carboxylic acids is 1. The summed E-state index contributed by atoms with van der Waals surface area (Å²) in [6.45, 7) is -0.414. The fourth-order valence-corrected chi connectivity index (χ4v) is 6.00. The Bertz CT molecular complexity index is 1190. The van der Waals surface area contributed by atoms with E-state index < -0.39 is 35.9 Å². The quantitative estimate of drug-likeness (QED) is 0.368. The van der Waals surface area contributed by atoms with Crippen molar-refractivity contribution in [3.05, 3.63) is 45.2 Å². The third kappa shape index (κ3) is 6.39. The largest absolute Gasteiger partial charge is 0.488 e. The van der Waals surface area contributed by atoms with E-state index in [1.54, 1.807) is 6.07 Å². The van der Waals surface area contributed by atoms with Crippen LogP contribution in [0.1, 0.15) is 70.4 Å². The molecule has 0 radical (unpaired) electrons. The number of alkyl halides is 6. The lowest BCUT2D eigenvalue weighted by molar-refractivity contribution is -0.184. The first-order chi connectivity index (χ1) is 17.9. The second kappa shape index (κ2) is 11.1. The zero-order valence-corrected chi connectivity index (χ0v) is 20.9. The summed E-state index contributed by atoms with van der Waals surface area (Å²) in [5, 5.41) is 9.36. The highest BCUT2D eigenvalue weighted by molar-refractivity contribution is 7.12. The van der Waals surface area contributed by atoms with Crippen LogP contribution in [0, 0.1) is 29.0 Å². The van der Waals surface area contributed by atoms with E-state index in [9.17, 15) is 35.5 Å². The second-order valence-electron chi connectivity index (χ2n) is 9.56. The molecular formula is C25H24F7N3O2S. The second-order valence-corrected chi connectivity index (χ2v) is 10.7. The summed E-state index contributed by atoms with van der Waals surface area (Å²) in [6, 6.07) is 5.32. The maximum Gasteiger partial charge on any atom is 0.391 e. The van der Waals surface area contributed by atoms with Gasteiger partial charge in [0.25, 0.3) is 5.91 Å². The number of likely N-dealkylation sites (tertiary alicyclic amines) is 1. The number of nitrogens with zero attached hydrogens (tertiary/aromatic N) is 3. The number of piperidine rings is 1. The Labute approximate surface area is 218 Å². The molecule has 0 unspecified atom stereocenters. The van der Waals surface area contributed by atoms with Gasteiger partial charge in [0.2, 0.25) is 0 Å². The summed E-state index contributed by atoms with van der Waals surface area (Å²) < 4.78 is 98.1. The maximum atomic E-state index is 14.0. The number of thiazole rings is 1. The van der Waals surface area contributed by atoms with Crippen LogP contribution >= 0.6 is 11.3 Å². The third-order valence-corrected chi connectivity index (χ3v) is 8.32. The number of rotatable bonds is 5. The molecule has 2 heterocycles. The van der Waals surface area contributed by atoms with Crippen LogP contribution in [0.15, 0.2) is 18.2 Å². The van der Waals surface area contributed by atoms with Crippen LogP contribution in [-0.2, 0) is 6.61 Å². The molecular weight excluding hydrogens is 539 g/mol. The third-order valence-electron chi connectivity index (χ3n) is 7.13. The molecule has 1 aromatic carbocycles. The van der Waals surface area contributed by atoms with Crippen molar-refractivity contribution in [2.45, 2.75) is 63.4 Å². The molecule has 2 fully saturated rings. The standard InChI is InChI=1S/C25H24F7N3O2S/c26-19-11-18(6-3-15(19)12-33)37-13-20-21(23(36)35-9-7-17(8-10-35)25(30,31)32)34-22(38-20)14-1-4-16(5-2-14)24(27,28)29/h3,6,11,14,16-17H,1-2,4-5,7-10,13H2/t14-,16-. The number of carbonyl (C=O) groups is 1. The van der Waals surface area contributed by atoms with Crippen molar-refractivity contribution < 1.29 is 40.3 Å². The van der Waals surface area contributed by atoms with Crippen LogP contribution < -0.4 is 4.74 Å². The van der Waals surface area contributed by atoms with Crippen molar-refractivity contribution in [3.63, 3.8) is 0 Å². The Hall–Kier alpha value is -2.88. The van der Waals surface area contributed by atoms with Crippen LogP contribution in [0.5, 0.6) is 5.75 Å². The summed E-state index contributed by atoms with van der Waals surface area (Å²) >= 11 is 1.11. The molecule has 5 nitrogen and oxygen atoms in total. The van der Waals surface area contributed by atoms with Gasteiger partial charge < -0.3 is 9.64 Å². The monoisotopic (exact) mass is 563 g/mol. The SMILES string of the molecule is N#Cc1ccc(OCc2sc([C@H]3CC[C@H](C(F)(F)F)CC3)nc2C(=O)N2CCC(C(F)(F)F)CC2)cc1F. The van der Waals surface area contributed by atoms with Gasteiger partial charge in [-0.2, -0.15) is 31.6 Å². The van der Waals surface area contributed by atoms with Gasteiger partial charge in [0.1, 0.15) is 29.9 Å². The maximum absolute atomic E-state index is 14.0. The van der Waals surface area contributed by atoms with E-state index in [1.807, 2.05) is 0 Å². The van der Waals surface area contributed by atoms with Crippen molar-refractivity contribution in [1.82, 2.24) is 9.88 Å². The molecule has 1 saturated heterocycles. The van der Waals surface area contributed by atoms with Crippen LogP contribution in [0.3, 0.4) is 0 Å². The number of hydrogen-bond acceptors (Lipinski definition) is 5. The highest BCUT2D eigenvalue weighted by Gasteiger charge is 2.43. The minimum atomic E-state index is -4.34. The molecule has 1 aliphatic carbocycles. The van der Waals surface area contributed by atoms with Gasteiger partial charge in [-0.15, -0.1) is 11.3 Å². The highest BCUT2D eigenvalue weighted by atomic mass is 32.1. The van der Waals surface area contributed by atoms with Crippen LogP contribution in [-0.4, -0.2) is 41.2 Å². The van der Waals surface area contributed by atoms with Crippen molar-refractivity contribution in [2.24, 2.45) is 11.8 Å². The first-order valence-electron chi connectivity index (χ1n) is 12.1. The van der Waals surface area contributed by atoms with E-state index in [1.165, 1.54) is 17.0 Å². The van der Waals surface area contributed by atoms with Crippen LogP contribution in [0.25, 0.3) is 0 Å². The van der Waals surface area contributed by atoms with Crippen molar-refractivity contribution in [2.75, 3.05) is 13.1 Å². The summed E-state index contributed by atoms with van der Waals surface area (Å²) in [5.41, 5.74) is -0.187. The molecule has 1 amide bonds. The van der Waals surface area contributed by atoms with Crippen molar-refractivity contribution in [3.8, 4) is 11.8 Å². The topological polar surface area (TPSA) is 66.2 Å². The molecule has 1 saturated carbocycles. The normalized spacial score (nSPS) is 21.3. The summed E-state index contributed by atoms with van der Waals surface area (Å²) in [4.78, 5) is 19.4. The molecule has 2 aromatic rings. The molecule has 206 valence electrons. The summed E-state index contributed by atoms with van der Waals surface area (Å²) in [6.07, 6.45) is -8.71. The van der Waals surface area contributed by atoms with Gasteiger partial charge in [0.05, 0.1) is 27.3 Å². The van der Waals surface area contributed by atoms with Gasteiger partial charge in [-0.25, -0.2) is 9.37 Å². The molecule has 38 heavy (non-hydrogen) atoms. The molecule has 2 aliphatic rings. The van der Waals surface area contributed by atoms with E-state index in [0.29, 0.717) is 9.88 Å². The Balaban J connectivity index is 1.53. The molecule has 13 heteroatoms. The van der Waals surface area contributed by atoms with Gasteiger partial charge in [-0.05, 0) is 50.7 Å². The van der Waals surface area contributed by atoms with Crippen molar-refractivity contribution in [1.29, 1.82) is 5.26 Å². The van der Waals surface area contributed by atoms with E-state index in [2.05, 4.69) is 4.98 Å². The van der Waals surface area contributed by atoms with E-state index in [0.717, 1.165) is 17.4 Å². The lowest BCUT2D eigenvalue weighted by Gasteiger charge is -2.32. The fourth-order valence-electron chi connectivity index (χ4n) is 4.86. The predicted octanol–water partition coefficient (Wildman–Crippen LogP) is 6.98. The van der Waals surface area contributed by atoms with Crippen LogP contribution in [0.4, 0.5) is 30.7 Å². The molecule has 0 N–H and O–H groups in total. The molecule has 0 bridgehead atoms. The zero-order chi connectivity index (χ0) is 27.7. The van der Waals surface area contributed by atoms with E-state index >= 15 is 0 Å². The zero-order valence-electron chi connectivity index (χ0n) is 20.0. The number of benzene rings is 1. The average molecular weight is 564 g/mol. The highest BCUT2D eigenvalue weighted by Crippen LogP contribution is 2.44. The van der Waals surface area contributed by atoms with Gasteiger partial charge in [-0.1, -0.05) is 0 Å². The summed E-state index contributed by atoms with van der Waals surface area (Å²) in [5.74, 6) is -4.44. The number of aromatic nitrogens is 1. The Morgan fingerprint density at radius 2 is 1.63 bits per heavy atom. The number of amides is 1. The van der Waals surface area contributed by atoms with Crippen LogP contribution in [0.2, 0.25) is 0 Å². The average Bonchev–Trinajstić information content (AvgIpc) is 3.30. The minimum absolute atomic E-state index is 0.0116. The Kier molecular flexibility index (Phi) is 8.20. The number of ether oxygens (including phenoxy) is 1. The Morgan fingerprint density at radius 1 is 1.03 bits per heavy atom. The van der Waals surface area contributed by atoms with E-state index in [4.69, 9.17) is 10.00 Å². The number of nitriles is 1. The van der Waals surface area contributed by atoms with Gasteiger partial charge in [-0.3, -0.25) is 4.79 Å². The number of halogens is 7. The molecule has 1 aliphatic heterocycles. The van der Waals surface area contributed by atoms with Gasteiger partial charge in [0.15, 0.2) is 0 Å². The fraction of sp³-hybridized carbons (Fsp3) is 0.560.